The Morgan fingerprint density at radius 3 is 2.79 bits per heavy atom. The van der Waals surface area contributed by atoms with Crippen molar-refractivity contribution >= 4 is 22.8 Å². The molecule has 1 heterocycles. The lowest BCUT2D eigenvalue weighted by atomic mass is 9.96. The summed E-state index contributed by atoms with van der Waals surface area (Å²) in [7, 11) is 0. The van der Waals surface area contributed by atoms with E-state index in [0.29, 0.717) is 23.2 Å². The van der Waals surface area contributed by atoms with Gasteiger partial charge in [-0.1, -0.05) is 20.8 Å². The number of nitrogens with two attached hydrogens (primary N) is 1. The Balaban J connectivity index is 2.15. The highest BCUT2D eigenvalue weighted by Crippen LogP contribution is 2.21. The predicted molar refractivity (Wildman–Crippen MR) is 91.4 cm³/mol. The topological polar surface area (TPSA) is 90.1 Å². The number of halogens is 1. The summed E-state index contributed by atoms with van der Waals surface area (Å²) in [5.41, 5.74) is 5.89. The molecule has 0 aliphatic rings. The lowest BCUT2D eigenvalue weighted by molar-refractivity contribution is -0.123. The van der Waals surface area contributed by atoms with Crippen LogP contribution in [0.3, 0.4) is 0 Å². The number of ether oxygens (including phenoxy) is 1. The monoisotopic (exact) mass is 332 g/mol. The van der Waals surface area contributed by atoms with Crippen LogP contribution in [0.4, 0.5) is 10.3 Å². The lowest BCUT2D eigenvalue weighted by Crippen LogP contribution is -2.28. The Morgan fingerprint density at radius 2 is 2.17 bits per heavy atom. The second kappa shape index (κ2) is 7.35. The maximum absolute atomic E-state index is 12.5. The third-order valence-electron chi connectivity index (χ3n) is 3.30. The molecule has 7 heteroatoms. The Morgan fingerprint density at radius 1 is 1.42 bits per heavy atom. The predicted octanol–water partition coefficient (Wildman–Crippen LogP) is 2.81. The summed E-state index contributed by atoms with van der Waals surface area (Å²) >= 11 is 0. The lowest BCUT2D eigenvalue weighted by Gasteiger charge is -2.16. The average molecular weight is 332 g/mol. The molecule has 0 spiro atoms. The van der Waals surface area contributed by atoms with Crippen LogP contribution < -0.4 is 15.8 Å². The van der Waals surface area contributed by atoms with E-state index >= 15 is 0 Å². The van der Waals surface area contributed by atoms with Crippen molar-refractivity contribution in [1.29, 1.82) is 0 Å². The first-order valence-electron chi connectivity index (χ1n) is 7.52. The normalized spacial score (nSPS) is 12.3. The van der Waals surface area contributed by atoms with E-state index in [-0.39, 0.29) is 25.0 Å². The molecule has 0 saturated carbocycles. The van der Waals surface area contributed by atoms with Crippen molar-refractivity contribution < 1.29 is 13.9 Å². The first-order valence-corrected chi connectivity index (χ1v) is 7.52. The van der Waals surface area contributed by atoms with E-state index in [9.17, 15) is 9.18 Å². The zero-order valence-electron chi connectivity index (χ0n) is 14.0. The van der Waals surface area contributed by atoms with Gasteiger partial charge in [-0.25, -0.2) is 14.4 Å². The largest absolute Gasteiger partial charge is 0.489 e. The highest BCUT2D eigenvalue weighted by atomic mass is 19.1. The van der Waals surface area contributed by atoms with Gasteiger partial charge < -0.3 is 10.5 Å². The Bertz CT molecular complexity index is 769. The molecule has 0 saturated heterocycles. The minimum absolute atomic E-state index is 0.0824. The minimum Gasteiger partial charge on any atom is -0.489 e. The molecule has 2 aromatic rings. The van der Waals surface area contributed by atoms with Crippen molar-refractivity contribution in [3.05, 3.63) is 36.3 Å². The standard InChI is InChI=1S/C17H21FN4O2/c1-17(2,3)15(23)22-16-20-9-12-6-13(4-5-14(12)21-16)24-10-11(7-18)8-19/h4-7,9H,8,10,19H2,1-3H3,(H,20,21,22,23)/b11-7+. The van der Waals surface area contributed by atoms with Gasteiger partial charge in [0.1, 0.15) is 12.4 Å². The third kappa shape index (κ3) is 4.48. The Labute approximate surface area is 139 Å². The number of benzene rings is 1. The highest BCUT2D eigenvalue weighted by Gasteiger charge is 2.22. The zero-order valence-corrected chi connectivity index (χ0v) is 14.0. The van der Waals surface area contributed by atoms with Crippen LogP contribution in [0.2, 0.25) is 0 Å². The molecule has 3 N–H and O–H groups in total. The minimum atomic E-state index is -0.527. The fraction of sp³-hybridized carbons (Fsp3) is 0.353. The molecule has 2 rings (SSSR count). The summed E-state index contributed by atoms with van der Waals surface area (Å²) in [5, 5.41) is 3.44. The number of aromatic nitrogens is 2. The van der Waals surface area contributed by atoms with E-state index in [1.807, 2.05) is 20.8 Å². The summed E-state index contributed by atoms with van der Waals surface area (Å²) in [6.07, 6.45) is 2.05. The number of amides is 1. The summed E-state index contributed by atoms with van der Waals surface area (Å²) in [4.78, 5) is 20.4. The molecule has 0 atom stereocenters. The highest BCUT2D eigenvalue weighted by molar-refractivity contribution is 5.93. The molecule has 0 radical (unpaired) electrons. The fourth-order valence-corrected chi connectivity index (χ4v) is 1.76. The van der Waals surface area contributed by atoms with Crippen LogP contribution in [0.15, 0.2) is 36.3 Å². The van der Waals surface area contributed by atoms with Crippen LogP contribution in [0.25, 0.3) is 10.9 Å². The first-order chi connectivity index (χ1) is 11.3. The van der Waals surface area contributed by atoms with Gasteiger partial charge in [0.25, 0.3) is 0 Å². The molecule has 6 nitrogen and oxygen atoms in total. The summed E-state index contributed by atoms with van der Waals surface area (Å²) in [5.74, 6) is 0.654. The second-order valence-corrected chi connectivity index (χ2v) is 6.38. The smallest absolute Gasteiger partial charge is 0.232 e. The van der Waals surface area contributed by atoms with Crippen molar-refractivity contribution in [2.24, 2.45) is 11.1 Å². The molecule has 128 valence electrons. The number of hydrogen-bond acceptors (Lipinski definition) is 5. The summed E-state index contributed by atoms with van der Waals surface area (Å²) < 4.78 is 18.0. The molecule has 0 bridgehead atoms. The third-order valence-corrected chi connectivity index (χ3v) is 3.30. The molecule has 0 fully saturated rings. The molecule has 1 amide bonds. The number of nitrogens with zero attached hydrogens (tertiary/aromatic N) is 2. The molecule has 24 heavy (non-hydrogen) atoms. The van der Waals surface area contributed by atoms with Crippen LogP contribution in [0.5, 0.6) is 5.75 Å². The van der Waals surface area contributed by atoms with Gasteiger partial charge in [0, 0.05) is 29.1 Å². The van der Waals surface area contributed by atoms with Crippen molar-refractivity contribution in [2.45, 2.75) is 20.8 Å². The van der Waals surface area contributed by atoms with Gasteiger partial charge >= 0.3 is 0 Å². The number of nitrogens with one attached hydrogen (secondary N) is 1. The van der Waals surface area contributed by atoms with Gasteiger partial charge in [-0.2, -0.15) is 0 Å². The fourth-order valence-electron chi connectivity index (χ4n) is 1.76. The molecule has 0 aliphatic heterocycles. The number of rotatable bonds is 5. The van der Waals surface area contributed by atoms with E-state index in [0.717, 1.165) is 5.39 Å². The molecule has 0 aliphatic carbocycles. The number of hydrogen-bond donors (Lipinski definition) is 2. The van der Waals surface area contributed by atoms with E-state index < -0.39 is 5.41 Å². The second-order valence-electron chi connectivity index (χ2n) is 6.38. The van der Waals surface area contributed by atoms with Crippen LogP contribution in [-0.2, 0) is 4.79 Å². The van der Waals surface area contributed by atoms with E-state index in [1.54, 1.807) is 24.4 Å². The van der Waals surface area contributed by atoms with Crippen LogP contribution in [0.1, 0.15) is 20.8 Å². The van der Waals surface area contributed by atoms with Crippen molar-refractivity contribution in [2.75, 3.05) is 18.5 Å². The van der Waals surface area contributed by atoms with Gasteiger partial charge in [0.2, 0.25) is 11.9 Å². The Kier molecular flexibility index (Phi) is 5.46. The van der Waals surface area contributed by atoms with E-state index in [1.165, 1.54) is 0 Å². The number of carbonyl (C=O) groups excluding carboxylic acids is 1. The molecular formula is C17H21FN4O2. The molecule has 1 aromatic carbocycles. The van der Waals surface area contributed by atoms with E-state index in [4.69, 9.17) is 10.5 Å². The first kappa shape index (κ1) is 17.8. The molecule has 1 aromatic heterocycles. The van der Waals surface area contributed by atoms with Gasteiger partial charge in [0.15, 0.2) is 0 Å². The zero-order chi connectivity index (χ0) is 17.7. The maximum Gasteiger partial charge on any atom is 0.232 e. The van der Waals surface area contributed by atoms with Crippen molar-refractivity contribution in [3.8, 4) is 5.75 Å². The van der Waals surface area contributed by atoms with Gasteiger partial charge in [-0.15, -0.1) is 0 Å². The van der Waals surface area contributed by atoms with E-state index in [2.05, 4.69) is 15.3 Å². The number of fused-ring (bicyclic) bond motifs is 1. The average Bonchev–Trinajstić information content (AvgIpc) is 2.55. The number of carbonyl (C=O) groups is 1. The van der Waals surface area contributed by atoms with Crippen molar-refractivity contribution in [3.63, 3.8) is 0 Å². The molecular weight excluding hydrogens is 311 g/mol. The van der Waals surface area contributed by atoms with Crippen LogP contribution >= 0.6 is 0 Å². The SMILES string of the molecule is CC(C)(C)C(=O)Nc1ncc2cc(OC/C(=C/F)CN)ccc2n1. The quantitative estimate of drug-likeness (QED) is 0.878. The molecule has 0 unspecified atom stereocenters. The number of anilines is 1. The van der Waals surface area contributed by atoms with Crippen molar-refractivity contribution in [1.82, 2.24) is 9.97 Å². The van der Waals surface area contributed by atoms with Crippen LogP contribution in [0, 0.1) is 5.41 Å². The maximum atomic E-state index is 12.5. The van der Waals surface area contributed by atoms with Gasteiger partial charge in [-0.05, 0) is 18.2 Å². The Hall–Kier alpha value is -2.54. The summed E-state index contributed by atoms with van der Waals surface area (Å²) in [6.45, 7) is 5.63. The van der Waals surface area contributed by atoms with Crippen LogP contribution in [-0.4, -0.2) is 29.0 Å². The van der Waals surface area contributed by atoms with Gasteiger partial charge in [-0.3, -0.25) is 10.1 Å². The summed E-state index contributed by atoms with van der Waals surface area (Å²) in [6, 6.07) is 5.22. The van der Waals surface area contributed by atoms with Gasteiger partial charge in [0.05, 0.1) is 11.8 Å².